The zero-order chi connectivity index (χ0) is 17.9. The Bertz CT molecular complexity index is 457. The topological polar surface area (TPSA) is 35.5 Å². The Morgan fingerprint density at radius 3 is 2.04 bits per heavy atom. The Labute approximate surface area is 153 Å². The van der Waals surface area contributed by atoms with Gasteiger partial charge in [0.15, 0.2) is 0 Å². The lowest BCUT2D eigenvalue weighted by molar-refractivity contribution is -0.144. The maximum Gasteiger partial charge on any atom is 0.330 e. The molecule has 0 atom stereocenters. The third kappa shape index (κ3) is 7.65. The zero-order valence-electron chi connectivity index (χ0n) is 15.8. The second kappa shape index (κ2) is 11.4. The van der Waals surface area contributed by atoms with Crippen LogP contribution in [0, 0.1) is 23.7 Å². The van der Waals surface area contributed by atoms with Crippen molar-refractivity contribution in [2.45, 2.75) is 89.8 Å². The van der Waals surface area contributed by atoms with Crippen LogP contribution in [-0.4, -0.2) is 24.8 Å². The van der Waals surface area contributed by atoms with Gasteiger partial charge in [-0.15, -0.1) is 0 Å². The maximum atomic E-state index is 11.2. The van der Waals surface area contributed by atoms with Gasteiger partial charge in [0.1, 0.15) is 6.10 Å². The van der Waals surface area contributed by atoms with Gasteiger partial charge in [-0.1, -0.05) is 38.2 Å². The van der Waals surface area contributed by atoms with Crippen molar-refractivity contribution in [3.05, 3.63) is 12.7 Å². The minimum atomic E-state index is -0.303. The SMILES string of the molecule is C=CC(=O)OC1CCC(C#CC2CCC(OCCCCC)CC2)CC1. The van der Waals surface area contributed by atoms with Crippen LogP contribution in [0.4, 0.5) is 0 Å². The molecule has 0 amide bonds. The molecule has 3 heteroatoms. The summed E-state index contributed by atoms with van der Waals surface area (Å²) in [5, 5.41) is 0. The van der Waals surface area contributed by atoms with Crippen LogP contribution in [0.15, 0.2) is 12.7 Å². The fraction of sp³-hybridized carbons (Fsp3) is 0.773. The van der Waals surface area contributed by atoms with Crippen molar-refractivity contribution in [2.75, 3.05) is 6.61 Å². The van der Waals surface area contributed by atoms with Gasteiger partial charge in [0.05, 0.1) is 6.10 Å². The van der Waals surface area contributed by atoms with E-state index >= 15 is 0 Å². The van der Waals surface area contributed by atoms with Crippen molar-refractivity contribution in [3.8, 4) is 11.8 Å². The van der Waals surface area contributed by atoms with Crippen molar-refractivity contribution >= 4 is 5.97 Å². The summed E-state index contributed by atoms with van der Waals surface area (Å²) in [6.07, 6.45) is 14.1. The summed E-state index contributed by atoms with van der Waals surface area (Å²) in [7, 11) is 0. The molecule has 2 aliphatic carbocycles. The molecule has 0 aromatic rings. The highest BCUT2D eigenvalue weighted by Crippen LogP contribution is 2.28. The van der Waals surface area contributed by atoms with Crippen molar-refractivity contribution < 1.29 is 14.3 Å². The minimum Gasteiger partial charge on any atom is -0.459 e. The first-order valence-electron chi connectivity index (χ1n) is 10.2. The first kappa shape index (κ1) is 20.0. The van der Waals surface area contributed by atoms with Gasteiger partial charge in [0, 0.05) is 24.5 Å². The van der Waals surface area contributed by atoms with Crippen molar-refractivity contribution in [1.29, 1.82) is 0 Å². The Kier molecular flexibility index (Phi) is 9.11. The second-order valence-electron chi connectivity index (χ2n) is 7.45. The fourth-order valence-electron chi connectivity index (χ4n) is 3.75. The van der Waals surface area contributed by atoms with Gasteiger partial charge >= 0.3 is 5.97 Å². The lowest BCUT2D eigenvalue weighted by Gasteiger charge is -2.27. The number of hydrogen-bond acceptors (Lipinski definition) is 3. The molecule has 140 valence electrons. The molecule has 0 aliphatic heterocycles. The summed E-state index contributed by atoms with van der Waals surface area (Å²) in [6, 6.07) is 0. The molecule has 2 rings (SSSR count). The third-order valence-electron chi connectivity index (χ3n) is 5.39. The Balaban J connectivity index is 1.61. The van der Waals surface area contributed by atoms with Crippen LogP contribution < -0.4 is 0 Å². The van der Waals surface area contributed by atoms with Crippen LogP contribution in [0.2, 0.25) is 0 Å². The smallest absolute Gasteiger partial charge is 0.330 e. The Morgan fingerprint density at radius 2 is 1.52 bits per heavy atom. The van der Waals surface area contributed by atoms with Gasteiger partial charge in [0.25, 0.3) is 0 Å². The molecule has 2 aliphatic rings. The average Bonchev–Trinajstić information content (AvgIpc) is 2.65. The lowest BCUT2D eigenvalue weighted by Crippen LogP contribution is -2.23. The maximum absolute atomic E-state index is 11.2. The summed E-state index contributed by atoms with van der Waals surface area (Å²) in [4.78, 5) is 11.2. The molecule has 0 spiro atoms. The summed E-state index contributed by atoms with van der Waals surface area (Å²) >= 11 is 0. The summed E-state index contributed by atoms with van der Waals surface area (Å²) in [5.41, 5.74) is 0. The highest BCUT2D eigenvalue weighted by atomic mass is 16.5. The van der Waals surface area contributed by atoms with Crippen molar-refractivity contribution in [2.24, 2.45) is 11.8 Å². The monoisotopic (exact) mass is 346 g/mol. The third-order valence-corrected chi connectivity index (χ3v) is 5.39. The summed E-state index contributed by atoms with van der Waals surface area (Å²) in [6.45, 7) is 6.60. The molecule has 0 saturated heterocycles. The molecule has 0 aromatic heterocycles. The van der Waals surface area contributed by atoms with Crippen LogP contribution in [0.1, 0.15) is 77.6 Å². The van der Waals surface area contributed by atoms with Gasteiger partial charge in [-0.05, 0) is 57.8 Å². The highest BCUT2D eigenvalue weighted by Gasteiger charge is 2.23. The first-order chi connectivity index (χ1) is 12.2. The Hall–Kier alpha value is -1.27. The van der Waals surface area contributed by atoms with Crippen LogP contribution in [0.3, 0.4) is 0 Å². The van der Waals surface area contributed by atoms with Crippen LogP contribution in [0.5, 0.6) is 0 Å². The van der Waals surface area contributed by atoms with Gasteiger partial charge in [-0.2, -0.15) is 0 Å². The second-order valence-corrected chi connectivity index (χ2v) is 7.45. The molecule has 2 saturated carbocycles. The van der Waals surface area contributed by atoms with Gasteiger partial charge in [-0.25, -0.2) is 4.79 Å². The van der Waals surface area contributed by atoms with Crippen molar-refractivity contribution in [1.82, 2.24) is 0 Å². The van der Waals surface area contributed by atoms with E-state index in [-0.39, 0.29) is 12.1 Å². The van der Waals surface area contributed by atoms with E-state index in [0.29, 0.717) is 17.9 Å². The molecule has 0 unspecified atom stereocenters. The normalized spacial score (nSPS) is 29.3. The standard InChI is InChI=1S/C22H34O3/c1-3-5-6-17-24-20-13-9-18(10-14-20)7-8-19-11-15-21(16-12-19)25-22(23)4-2/h4,18-21H,2-3,5-6,9-17H2,1H3. The molecule has 25 heavy (non-hydrogen) atoms. The first-order valence-corrected chi connectivity index (χ1v) is 10.2. The van der Waals surface area contributed by atoms with E-state index in [0.717, 1.165) is 45.1 Å². The Morgan fingerprint density at radius 1 is 0.960 bits per heavy atom. The molecular formula is C22H34O3. The molecular weight excluding hydrogens is 312 g/mol. The highest BCUT2D eigenvalue weighted by molar-refractivity contribution is 5.81. The van der Waals surface area contributed by atoms with E-state index in [1.165, 1.54) is 38.2 Å². The number of hydrogen-bond donors (Lipinski definition) is 0. The molecule has 0 aromatic carbocycles. The van der Waals surface area contributed by atoms with E-state index < -0.39 is 0 Å². The van der Waals surface area contributed by atoms with Gasteiger partial charge in [0.2, 0.25) is 0 Å². The molecule has 0 N–H and O–H groups in total. The van der Waals surface area contributed by atoms with Gasteiger partial charge < -0.3 is 9.47 Å². The zero-order valence-corrected chi connectivity index (χ0v) is 15.8. The number of carbonyl (C=O) groups excluding carboxylic acids is 1. The molecule has 0 radical (unpaired) electrons. The van der Waals surface area contributed by atoms with Gasteiger partial charge in [-0.3, -0.25) is 0 Å². The summed E-state index contributed by atoms with van der Waals surface area (Å²) in [5.74, 6) is 7.75. The van der Waals surface area contributed by atoms with E-state index in [1.54, 1.807) is 0 Å². The lowest BCUT2D eigenvalue weighted by atomic mass is 9.85. The number of ether oxygens (including phenoxy) is 2. The van der Waals surface area contributed by atoms with E-state index in [2.05, 4.69) is 25.3 Å². The van der Waals surface area contributed by atoms with Crippen molar-refractivity contribution in [3.63, 3.8) is 0 Å². The largest absolute Gasteiger partial charge is 0.459 e. The number of rotatable bonds is 7. The quantitative estimate of drug-likeness (QED) is 0.280. The molecule has 0 heterocycles. The fourth-order valence-corrected chi connectivity index (χ4v) is 3.75. The summed E-state index contributed by atoms with van der Waals surface area (Å²) < 4.78 is 11.3. The molecule has 3 nitrogen and oxygen atoms in total. The number of carbonyl (C=O) groups is 1. The molecule has 2 fully saturated rings. The molecule has 0 bridgehead atoms. The van der Waals surface area contributed by atoms with Crippen LogP contribution >= 0.6 is 0 Å². The number of esters is 1. The number of unbranched alkanes of at least 4 members (excludes halogenated alkanes) is 2. The average molecular weight is 347 g/mol. The minimum absolute atomic E-state index is 0.0591. The predicted molar refractivity (Wildman–Crippen MR) is 101 cm³/mol. The van der Waals surface area contributed by atoms with E-state index in [4.69, 9.17) is 9.47 Å². The van der Waals surface area contributed by atoms with Crippen LogP contribution in [0.25, 0.3) is 0 Å². The van der Waals surface area contributed by atoms with Crippen LogP contribution in [-0.2, 0) is 14.3 Å². The predicted octanol–water partition coefficient (Wildman–Crippen LogP) is 5.04. The van der Waals surface area contributed by atoms with E-state index in [1.807, 2.05) is 0 Å². The van der Waals surface area contributed by atoms with E-state index in [9.17, 15) is 4.79 Å².